The van der Waals surface area contributed by atoms with Gasteiger partial charge in [-0.1, -0.05) is 13.3 Å². The van der Waals surface area contributed by atoms with Gasteiger partial charge >= 0.3 is 0 Å². The molecule has 0 atom stereocenters. The second-order valence-corrected chi connectivity index (χ2v) is 5.99. The number of H-pyrrole nitrogens is 1. The topological polar surface area (TPSA) is 45.8 Å². The van der Waals surface area contributed by atoms with Gasteiger partial charge in [-0.05, 0) is 63.1 Å². The molecule has 0 saturated heterocycles. The van der Waals surface area contributed by atoms with E-state index in [0.717, 1.165) is 18.5 Å². The van der Waals surface area contributed by atoms with Crippen LogP contribution in [0.2, 0.25) is 0 Å². The number of aryl methyl sites for hydroxylation is 1. The third-order valence-electron chi connectivity index (χ3n) is 2.61. The van der Waals surface area contributed by atoms with Crippen LogP contribution in [0.5, 0.6) is 0 Å². The lowest BCUT2D eigenvalue weighted by Crippen LogP contribution is -2.16. The Morgan fingerprint density at radius 3 is 2.84 bits per heavy atom. The number of rotatable bonds is 3. The summed E-state index contributed by atoms with van der Waals surface area (Å²) < 4.78 is 14.5. The second kappa shape index (κ2) is 6.13. The highest BCUT2D eigenvalue weighted by molar-refractivity contribution is 14.1. The van der Waals surface area contributed by atoms with Crippen LogP contribution in [0.25, 0.3) is 11.4 Å². The van der Waals surface area contributed by atoms with E-state index in [-0.39, 0.29) is 11.4 Å². The standard InChI is InChI=1S/C13H11BrFIN2O/c1-2-3-10-11(16)13(19)18-12(17-10)7-4-5-8(14)9(15)6-7/h4-6H,2-3H2,1H3,(H,17,18,19). The fourth-order valence-electron chi connectivity index (χ4n) is 1.69. The van der Waals surface area contributed by atoms with Crippen molar-refractivity contribution in [3.05, 3.63) is 48.1 Å². The molecule has 0 saturated carbocycles. The molecular weight excluding hydrogens is 426 g/mol. The minimum atomic E-state index is -0.379. The van der Waals surface area contributed by atoms with Gasteiger partial charge in [0.1, 0.15) is 11.6 Å². The molecule has 2 rings (SSSR count). The molecule has 0 aliphatic carbocycles. The van der Waals surface area contributed by atoms with Crippen molar-refractivity contribution in [2.45, 2.75) is 19.8 Å². The van der Waals surface area contributed by atoms with Gasteiger partial charge in [0.25, 0.3) is 5.56 Å². The molecule has 0 unspecified atom stereocenters. The third-order valence-corrected chi connectivity index (χ3v) is 4.37. The molecule has 0 aliphatic rings. The van der Waals surface area contributed by atoms with Gasteiger partial charge in [-0.15, -0.1) is 0 Å². The van der Waals surface area contributed by atoms with Crippen LogP contribution in [0.3, 0.4) is 0 Å². The van der Waals surface area contributed by atoms with Gasteiger partial charge in [0, 0.05) is 5.56 Å². The summed E-state index contributed by atoms with van der Waals surface area (Å²) in [6.07, 6.45) is 1.63. The molecule has 1 aromatic carbocycles. The molecule has 0 bridgehead atoms. The summed E-state index contributed by atoms with van der Waals surface area (Å²) in [5.41, 5.74) is 1.13. The maximum Gasteiger partial charge on any atom is 0.264 e. The van der Waals surface area contributed by atoms with Gasteiger partial charge in [0.15, 0.2) is 0 Å². The van der Waals surface area contributed by atoms with Gasteiger partial charge in [-0.3, -0.25) is 4.79 Å². The normalized spacial score (nSPS) is 10.7. The molecule has 0 spiro atoms. The fourth-order valence-corrected chi connectivity index (χ4v) is 2.46. The number of aromatic amines is 1. The van der Waals surface area contributed by atoms with E-state index in [1.807, 2.05) is 29.5 Å². The van der Waals surface area contributed by atoms with Crippen molar-refractivity contribution in [2.75, 3.05) is 0 Å². The predicted molar refractivity (Wildman–Crippen MR) is 84.7 cm³/mol. The summed E-state index contributed by atoms with van der Waals surface area (Å²) >= 11 is 5.09. The first kappa shape index (κ1) is 14.6. The first-order valence-electron chi connectivity index (χ1n) is 5.77. The largest absolute Gasteiger partial charge is 0.306 e. The number of nitrogens with zero attached hydrogens (tertiary/aromatic N) is 1. The third kappa shape index (κ3) is 3.22. The Kier molecular flexibility index (Phi) is 4.72. The average Bonchev–Trinajstić information content (AvgIpc) is 2.38. The second-order valence-electron chi connectivity index (χ2n) is 4.05. The highest BCUT2D eigenvalue weighted by atomic mass is 127. The molecule has 3 nitrogen and oxygen atoms in total. The molecule has 19 heavy (non-hydrogen) atoms. The van der Waals surface area contributed by atoms with E-state index in [9.17, 15) is 9.18 Å². The summed E-state index contributed by atoms with van der Waals surface area (Å²) in [5.74, 6) is 0.0241. The minimum absolute atomic E-state index is 0.183. The SMILES string of the molecule is CCCc1nc(-c2ccc(Br)c(F)c2)[nH]c(=O)c1I. The molecule has 0 fully saturated rings. The molecular formula is C13H11BrFIN2O. The van der Waals surface area contributed by atoms with Gasteiger partial charge in [0.2, 0.25) is 0 Å². The number of hydrogen-bond donors (Lipinski definition) is 1. The van der Waals surface area contributed by atoms with E-state index in [1.54, 1.807) is 12.1 Å². The van der Waals surface area contributed by atoms with Crippen molar-refractivity contribution in [1.82, 2.24) is 9.97 Å². The van der Waals surface area contributed by atoms with Crippen LogP contribution in [0.1, 0.15) is 19.0 Å². The van der Waals surface area contributed by atoms with Crippen molar-refractivity contribution in [1.29, 1.82) is 0 Å². The van der Waals surface area contributed by atoms with E-state index in [0.29, 0.717) is 19.4 Å². The van der Waals surface area contributed by atoms with Crippen molar-refractivity contribution in [2.24, 2.45) is 0 Å². The van der Waals surface area contributed by atoms with E-state index in [1.165, 1.54) is 6.07 Å². The van der Waals surface area contributed by atoms with Crippen molar-refractivity contribution < 1.29 is 4.39 Å². The summed E-state index contributed by atoms with van der Waals surface area (Å²) in [6.45, 7) is 2.03. The van der Waals surface area contributed by atoms with Gasteiger partial charge < -0.3 is 4.98 Å². The average molecular weight is 437 g/mol. The maximum absolute atomic E-state index is 13.5. The lowest BCUT2D eigenvalue weighted by Gasteiger charge is -2.06. The number of hydrogen-bond acceptors (Lipinski definition) is 2. The molecule has 2 aromatic rings. The number of benzene rings is 1. The zero-order chi connectivity index (χ0) is 14.0. The van der Waals surface area contributed by atoms with E-state index >= 15 is 0 Å². The molecule has 6 heteroatoms. The van der Waals surface area contributed by atoms with Gasteiger partial charge in [-0.25, -0.2) is 9.37 Å². The van der Waals surface area contributed by atoms with E-state index in [4.69, 9.17) is 0 Å². The molecule has 1 aromatic heterocycles. The van der Waals surface area contributed by atoms with Crippen LogP contribution in [-0.2, 0) is 6.42 Å². The summed E-state index contributed by atoms with van der Waals surface area (Å²) in [5, 5.41) is 0. The quantitative estimate of drug-likeness (QED) is 0.742. The summed E-state index contributed by atoms with van der Waals surface area (Å²) in [4.78, 5) is 19.0. The van der Waals surface area contributed by atoms with Crippen LogP contribution in [0.4, 0.5) is 4.39 Å². The zero-order valence-corrected chi connectivity index (χ0v) is 13.9. The Hall–Kier alpha value is -0.760. The molecule has 0 radical (unpaired) electrons. The Bertz CT molecular complexity index is 672. The number of aromatic nitrogens is 2. The highest BCUT2D eigenvalue weighted by Gasteiger charge is 2.11. The van der Waals surface area contributed by atoms with Crippen LogP contribution in [0.15, 0.2) is 27.5 Å². The van der Waals surface area contributed by atoms with Gasteiger partial charge in [-0.2, -0.15) is 0 Å². The summed E-state index contributed by atoms with van der Waals surface area (Å²) in [7, 11) is 0. The Morgan fingerprint density at radius 2 is 2.21 bits per heavy atom. The lowest BCUT2D eigenvalue weighted by atomic mass is 10.2. The Labute approximate surface area is 131 Å². The lowest BCUT2D eigenvalue weighted by molar-refractivity contribution is 0.621. The number of halogens is 3. The Balaban J connectivity index is 2.56. The zero-order valence-electron chi connectivity index (χ0n) is 10.1. The van der Waals surface area contributed by atoms with Gasteiger partial charge in [0.05, 0.1) is 13.7 Å². The maximum atomic E-state index is 13.5. The molecule has 100 valence electrons. The van der Waals surface area contributed by atoms with Crippen molar-refractivity contribution in [3.63, 3.8) is 0 Å². The molecule has 0 amide bonds. The Morgan fingerprint density at radius 1 is 1.47 bits per heavy atom. The van der Waals surface area contributed by atoms with E-state index in [2.05, 4.69) is 25.9 Å². The van der Waals surface area contributed by atoms with E-state index < -0.39 is 0 Å². The highest BCUT2D eigenvalue weighted by Crippen LogP contribution is 2.22. The first-order chi connectivity index (χ1) is 9.02. The molecule has 1 N–H and O–H groups in total. The smallest absolute Gasteiger partial charge is 0.264 e. The molecule has 1 heterocycles. The van der Waals surface area contributed by atoms with Crippen LogP contribution < -0.4 is 5.56 Å². The fraction of sp³-hybridized carbons (Fsp3) is 0.231. The predicted octanol–water partition coefficient (Wildman–Crippen LogP) is 3.90. The number of nitrogens with one attached hydrogen (secondary N) is 1. The van der Waals surface area contributed by atoms with Crippen LogP contribution >= 0.6 is 38.5 Å². The van der Waals surface area contributed by atoms with Crippen molar-refractivity contribution in [3.8, 4) is 11.4 Å². The van der Waals surface area contributed by atoms with Crippen molar-refractivity contribution >= 4 is 38.5 Å². The van der Waals surface area contributed by atoms with Crippen LogP contribution in [-0.4, -0.2) is 9.97 Å². The summed E-state index contributed by atoms with van der Waals surface area (Å²) in [6, 6.07) is 4.67. The minimum Gasteiger partial charge on any atom is -0.306 e. The van der Waals surface area contributed by atoms with Crippen LogP contribution in [0, 0.1) is 9.39 Å². The molecule has 0 aliphatic heterocycles. The first-order valence-corrected chi connectivity index (χ1v) is 7.64. The monoisotopic (exact) mass is 436 g/mol.